The van der Waals surface area contributed by atoms with Gasteiger partial charge in [0.05, 0.1) is 37.8 Å². The molecule has 0 bridgehead atoms. The highest BCUT2D eigenvalue weighted by Gasteiger charge is 2.21. The van der Waals surface area contributed by atoms with E-state index in [0.29, 0.717) is 61.4 Å². The molecule has 0 aromatic heterocycles. The Bertz CT molecular complexity index is 882. The summed E-state index contributed by atoms with van der Waals surface area (Å²) in [5.41, 5.74) is 1.53. The molecule has 0 saturated carbocycles. The molecule has 1 aliphatic heterocycles. The highest BCUT2D eigenvalue weighted by molar-refractivity contribution is 6.05. The Morgan fingerprint density at radius 1 is 0.935 bits per heavy atom. The van der Waals surface area contributed by atoms with Crippen LogP contribution in [0.4, 0.5) is 11.4 Å². The summed E-state index contributed by atoms with van der Waals surface area (Å²) in [6, 6.07) is 12.3. The fraction of sp³-hybridized carbons (Fsp3) is 0.391. The van der Waals surface area contributed by atoms with Crippen LogP contribution in [0.15, 0.2) is 42.5 Å². The van der Waals surface area contributed by atoms with Gasteiger partial charge < -0.3 is 29.7 Å². The average molecular weight is 429 g/mol. The molecule has 31 heavy (non-hydrogen) atoms. The van der Waals surface area contributed by atoms with Crippen molar-refractivity contribution in [3.8, 4) is 11.5 Å². The number of anilines is 2. The lowest BCUT2D eigenvalue weighted by Crippen LogP contribution is -3.15. The molecule has 1 saturated heterocycles. The zero-order valence-corrected chi connectivity index (χ0v) is 18.0. The number of quaternary nitrogens is 1. The van der Waals surface area contributed by atoms with Crippen LogP contribution in [0.2, 0.25) is 0 Å². The van der Waals surface area contributed by atoms with E-state index in [0.717, 1.165) is 13.1 Å². The summed E-state index contributed by atoms with van der Waals surface area (Å²) in [5.74, 6) is 0.571. The lowest BCUT2D eigenvalue weighted by molar-refractivity contribution is -0.899. The second-order valence-corrected chi connectivity index (χ2v) is 7.12. The van der Waals surface area contributed by atoms with Gasteiger partial charge in [-0.05, 0) is 26.0 Å². The number of rotatable bonds is 9. The highest BCUT2D eigenvalue weighted by Crippen LogP contribution is 2.37. The standard InChI is InChI=1S/C23H29N3O5/c1-3-30-20-15-19(25-23(28)17-8-6-5-7-9-17)21(31-4-2)14-18(20)24-22(27)16-26-10-12-29-13-11-26/h5-9,14-15H,3-4,10-13,16H2,1-2H3,(H,24,27)(H,25,28)/p+1. The van der Waals surface area contributed by atoms with Crippen LogP contribution in [0.1, 0.15) is 24.2 Å². The minimum absolute atomic E-state index is 0.110. The number of hydrogen-bond acceptors (Lipinski definition) is 5. The maximum atomic E-state index is 12.6. The maximum absolute atomic E-state index is 12.6. The predicted octanol–water partition coefficient (Wildman–Crippen LogP) is 1.59. The Labute approximate surface area is 182 Å². The Hall–Kier alpha value is -3.10. The fourth-order valence-electron chi connectivity index (χ4n) is 3.35. The summed E-state index contributed by atoms with van der Waals surface area (Å²) < 4.78 is 16.8. The molecule has 1 aliphatic rings. The van der Waals surface area contributed by atoms with Gasteiger partial charge in [-0.3, -0.25) is 9.59 Å². The summed E-state index contributed by atoms with van der Waals surface area (Å²) in [7, 11) is 0. The fourth-order valence-corrected chi connectivity index (χ4v) is 3.35. The first-order valence-corrected chi connectivity index (χ1v) is 10.6. The van der Waals surface area contributed by atoms with Crippen molar-refractivity contribution in [1.29, 1.82) is 0 Å². The van der Waals surface area contributed by atoms with Crippen LogP contribution in [-0.2, 0) is 9.53 Å². The van der Waals surface area contributed by atoms with E-state index >= 15 is 0 Å². The molecular weight excluding hydrogens is 398 g/mol. The molecular formula is C23H30N3O5+. The number of ether oxygens (including phenoxy) is 3. The molecule has 3 N–H and O–H groups in total. The molecule has 1 fully saturated rings. The van der Waals surface area contributed by atoms with Gasteiger partial charge >= 0.3 is 0 Å². The van der Waals surface area contributed by atoms with Crippen molar-refractivity contribution in [3.05, 3.63) is 48.0 Å². The van der Waals surface area contributed by atoms with Crippen LogP contribution in [0.3, 0.4) is 0 Å². The Balaban J connectivity index is 1.81. The largest absolute Gasteiger partial charge is 0.492 e. The van der Waals surface area contributed by atoms with Crippen LogP contribution in [0.5, 0.6) is 11.5 Å². The van der Waals surface area contributed by atoms with Crippen LogP contribution in [0.25, 0.3) is 0 Å². The van der Waals surface area contributed by atoms with Crippen LogP contribution in [-0.4, -0.2) is 57.9 Å². The Kier molecular flexibility index (Phi) is 8.26. The summed E-state index contributed by atoms with van der Waals surface area (Å²) >= 11 is 0. The first-order valence-electron chi connectivity index (χ1n) is 10.6. The summed E-state index contributed by atoms with van der Waals surface area (Å²) in [4.78, 5) is 26.4. The zero-order chi connectivity index (χ0) is 22.1. The minimum atomic E-state index is -0.253. The Morgan fingerprint density at radius 3 is 2.10 bits per heavy atom. The third-order valence-electron chi connectivity index (χ3n) is 4.85. The van der Waals surface area contributed by atoms with Gasteiger partial charge in [0.25, 0.3) is 11.8 Å². The molecule has 0 radical (unpaired) electrons. The maximum Gasteiger partial charge on any atom is 0.279 e. The summed E-state index contributed by atoms with van der Waals surface area (Å²) in [5, 5.41) is 5.82. The lowest BCUT2D eigenvalue weighted by atomic mass is 10.2. The number of hydrogen-bond donors (Lipinski definition) is 3. The third-order valence-corrected chi connectivity index (χ3v) is 4.85. The minimum Gasteiger partial charge on any atom is -0.492 e. The quantitative estimate of drug-likeness (QED) is 0.564. The van der Waals surface area contributed by atoms with E-state index in [4.69, 9.17) is 14.2 Å². The SMILES string of the molecule is CCOc1cc(NC(=O)c2ccccc2)c(OCC)cc1NC(=O)C[NH+]1CCOCC1. The van der Waals surface area contributed by atoms with Gasteiger partial charge in [0, 0.05) is 17.7 Å². The number of carbonyl (C=O) groups excluding carboxylic acids is 2. The molecule has 0 aliphatic carbocycles. The van der Waals surface area contributed by atoms with Crippen molar-refractivity contribution < 1.29 is 28.7 Å². The molecule has 8 heteroatoms. The van der Waals surface area contributed by atoms with Gasteiger partial charge in [-0.1, -0.05) is 18.2 Å². The number of benzene rings is 2. The van der Waals surface area contributed by atoms with Gasteiger partial charge in [0.2, 0.25) is 0 Å². The first-order chi connectivity index (χ1) is 15.1. The average Bonchev–Trinajstić information content (AvgIpc) is 2.78. The second-order valence-electron chi connectivity index (χ2n) is 7.12. The number of amides is 2. The zero-order valence-electron chi connectivity index (χ0n) is 18.0. The van der Waals surface area contributed by atoms with Crippen LogP contribution in [0, 0.1) is 0 Å². The van der Waals surface area contributed by atoms with E-state index < -0.39 is 0 Å². The summed E-state index contributed by atoms with van der Waals surface area (Å²) in [6.07, 6.45) is 0. The molecule has 2 amide bonds. The van der Waals surface area contributed by atoms with E-state index in [2.05, 4.69) is 10.6 Å². The van der Waals surface area contributed by atoms with Gasteiger partial charge in [0.1, 0.15) is 24.6 Å². The molecule has 0 spiro atoms. The number of carbonyl (C=O) groups is 2. The Morgan fingerprint density at radius 2 is 1.52 bits per heavy atom. The van der Waals surface area contributed by atoms with Crippen LogP contribution >= 0.6 is 0 Å². The molecule has 8 nitrogen and oxygen atoms in total. The topological polar surface area (TPSA) is 90.3 Å². The van der Waals surface area contributed by atoms with Crippen molar-refractivity contribution in [2.75, 3.05) is 56.7 Å². The molecule has 2 aromatic rings. The van der Waals surface area contributed by atoms with Crippen LogP contribution < -0.4 is 25.0 Å². The van der Waals surface area contributed by atoms with Gasteiger partial charge in [-0.25, -0.2) is 0 Å². The van der Waals surface area contributed by atoms with Gasteiger partial charge in [-0.2, -0.15) is 0 Å². The normalized spacial score (nSPS) is 14.0. The van der Waals surface area contributed by atoms with Gasteiger partial charge in [0.15, 0.2) is 6.54 Å². The second kappa shape index (κ2) is 11.3. The predicted molar refractivity (Wildman–Crippen MR) is 118 cm³/mol. The van der Waals surface area contributed by atoms with Crippen molar-refractivity contribution >= 4 is 23.2 Å². The van der Waals surface area contributed by atoms with E-state index in [-0.39, 0.29) is 11.8 Å². The van der Waals surface area contributed by atoms with Gasteiger partial charge in [-0.15, -0.1) is 0 Å². The van der Waals surface area contributed by atoms with Crippen molar-refractivity contribution in [2.45, 2.75) is 13.8 Å². The van der Waals surface area contributed by atoms with E-state index in [1.165, 1.54) is 4.90 Å². The molecule has 1 heterocycles. The van der Waals surface area contributed by atoms with Crippen molar-refractivity contribution in [3.63, 3.8) is 0 Å². The number of morpholine rings is 1. The van der Waals surface area contributed by atoms with E-state index in [1.807, 2.05) is 19.9 Å². The molecule has 3 rings (SSSR count). The van der Waals surface area contributed by atoms with Crippen molar-refractivity contribution in [2.24, 2.45) is 0 Å². The highest BCUT2D eigenvalue weighted by atomic mass is 16.5. The summed E-state index contributed by atoms with van der Waals surface area (Å²) in [6.45, 7) is 7.84. The van der Waals surface area contributed by atoms with E-state index in [1.54, 1.807) is 36.4 Å². The monoisotopic (exact) mass is 428 g/mol. The molecule has 166 valence electrons. The molecule has 0 atom stereocenters. The first kappa shape index (κ1) is 22.6. The molecule has 0 unspecified atom stereocenters. The number of nitrogens with one attached hydrogen (secondary N) is 3. The van der Waals surface area contributed by atoms with Crippen molar-refractivity contribution in [1.82, 2.24) is 0 Å². The lowest BCUT2D eigenvalue weighted by Gasteiger charge is -2.23. The molecule has 2 aromatic carbocycles. The van der Waals surface area contributed by atoms with E-state index in [9.17, 15) is 9.59 Å². The smallest absolute Gasteiger partial charge is 0.279 e. The third kappa shape index (κ3) is 6.44.